The second kappa shape index (κ2) is 9.75. The molecule has 0 bridgehead atoms. The number of hydrogen-bond donors (Lipinski definition) is 2. The molecule has 30 heavy (non-hydrogen) atoms. The number of thioether (sulfide) groups is 1. The lowest BCUT2D eigenvalue weighted by atomic mass is 10.1. The van der Waals surface area contributed by atoms with Crippen molar-refractivity contribution >= 4 is 29.5 Å². The van der Waals surface area contributed by atoms with E-state index in [-0.39, 0.29) is 43.1 Å². The van der Waals surface area contributed by atoms with Crippen molar-refractivity contribution in [3.63, 3.8) is 0 Å². The third-order valence-corrected chi connectivity index (χ3v) is 5.57. The van der Waals surface area contributed by atoms with Crippen LogP contribution >= 0.6 is 11.8 Å². The Morgan fingerprint density at radius 1 is 1.30 bits per heavy atom. The number of aliphatic carboxylic acids is 1. The molecule has 1 aliphatic rings. The summed E-state index contributed by atoms with van der Waals surface area (Å²) in [4.78, 5) is 36.8. The topological polar surface area (TPSA) is 117 Å². The van der Waals surface area contributed by atoms with Crippen LogP contribution in [-0.4, -0.2) is 67.9 Å². The number of likely N-dealkylation sites (N-methyl/N-ethyl adjacent to an activating group) is 1. The Kier molecular flexibility index (Phi) is 7.09. The number of rotatable bonds is 10. The van der Waals surface area contributed by atoms with Crippen LogP contribution in [0.5, 0.6) is 0 Å². The van der Waals surface area contributed by atoms with Gasteiger partial charge in [0.15, 0.2) is 11.0 Å². The number of nitrogens with one attached hydrogen (secondary N) is 1. The van der Waals surface area contributed by atoms with Gasteiger partial charge in [0, 0.05) is 25.2 Å². The third kappa shape index (κ3) is 6.06. The fourth-order valence-corrected chi connectivity index (χ4v) is 3.75. The molecule has 0 saturated heterocycles. The normalized spacial score (nSPS) is 13.1. The van der Waals surface area contributed by atoms with E-state index in [0.717, 1.165) is 24.0 Å². The van der Waals surface area contributed by atoms with E-state index in [2.05, 4.69) is 15.5 Å². The SMILES string of the molecule is Cc1cccc(-c2nnc(SCC(=O)N(C)CC(=O)NC3CC3)n2CCC(=O)O)c1. The summed E-state index contributed by atoms with van der Waals surface area (Å²) in [5.74, 6) is -0.661. The van der Waals surface area contributed by atoms with Gasteiger partial charge in [-0.3, -0.25) is 14.4 Å². The van der Waals surface area contributed by atoms with Crippen LogP contribution < -0.4 is 5.32 Å². The number of aryl methyl sites for hydroxylation is 1. The van der Waals surface area contributed by atoms with Crippen molar-refractivity contribution in [1.82, 2.24) is 25.0 Å². The minimum atomic E-state index is -0.924. The molecule has 3 rings (SSSR count). The summed E-state index contributed by atoms with van der Waals surface area (Å²) >= 11 is 1.18. The first-order chi connectivity index (χ1) is 14.3. The Hall–Kier alpha value is -2.88. The van der Waals surface area contributed by atoms with Crippen molar-refractivity contribution in [3.8, 4) is 11.4 Å². The van der Waals surface area contributed by atoms with Crippen LogP contribution in [-0.2, 0) is 20.9 Å². The molecule has 2 N–H and O–H groups in total. The Morgan fingerprint density at radius 2 is 2.07 bits per heavy atom. The zero-order chi connectivity index (χ0) is 21.7. The number of benzene rings is 1. The summed E-state index contributed by atoms with van der Waals surface area (Å²) < 4.78 is 1.72. The summed E-state index contributed by atoms with van der Waals surface area (Å²) in [7, 11) is 1.59. The maximum atomic E-state index is 12.4. The first kappa shape index (κ1) is 21.8. The first-order valence-corrected chi connectivity index (χ1v) is 10.7. The maximum absolute atomic E-state index is 12.4. The lowest BCUT2D eigenvalue weighted by Crippen LogP contribution is -2.39. The van der Waals surface area contributed by atoms with E-state index in [4.69, 9.17) is 5.11 Å². The molecule has 0 aliphatic heterocycles. The predicted octanol–water partition coefficient (Wildman–Crippen LogP) is 1.56. The van der Waals surface area contributed by atoms with Gasteiger partial charge < -0.3 is 19.9 Å². The summed E-state index contributed by atoms with van der Waals surface area (Å²) in [6.45, 7) is 2.17. The number of aromatic nitrogens is 3. The fourth-order valence-electron chi connectivity index (χ4n) is 2.84. The van der Waals surface area contributed by atoms with Gasteiger partial charge in [0.05, 0.1) is 18.7 Å². The van der Waals surface area contributed by atoms with Gasteiger partial charge in [-0.05, 0) is 25.8 Å². The number of nitrogens with zero attached hydrogens (tertiary/aromatic N) is 4. The highest BCUT2D eigenvalue weighted by Gasteiger charge is 2.24. The summed E-state index contributed by atoms with van der Waals surface area (Å²) in [6.07, 6.45) is 1.91. The molecule has 10 heteroatoms. The molecule has 2 amide bonds. The molecule has 2 aromatic rings. The number of carboxylic acid groups (broad SMARTS) is 1. The fraction of sp³-hybridized carbons (Fsp3) is 0.450. The molecular formula is C20H25N5O4S. The van der Waals surface area contributed by atoms with Crippen LogP contribution in [0.15, 0.2) is 29.4 Å². The number of amides is 2. The highest BCUT2D eigenvalue weighted by molar-refractivity contribution is 7.99. The van der Waals surface area contributed by atoms with E-state index in [1.807, 2.05) is 31.2 Å². The van der Waals surface area contributed by atoms with Gasteiger partial charge in [-0.2, -0.15) is 0 Å². The van der Waals surface area contributed by atoms with Crippen LogP contribution in [0.3, 0.4) is 0 Å². The molecule has 1 aromatic heterocycles. The molecule has 0 spiro atoms. The Balaban J connectivity index is 1.67. The first-order valence-electron chi connectivity index (χ1n) is 9.71. The molecule has 1 saturated carbocycles. The second-order valence-electron chi connectivity index (χ2n) is 7.35. The van der Waals surface area contributed by atoms with E-state index < -0.39 is 5.97 Å². The van der Waals surface area contributed by atoms with Crippen molar-refractivity contribution in [3.05, 3.63) is 29.8 Å². The largest absolute Gasteiger partial charge is 0.481 e. The predicted molar refractivity (Wildman–Crippen MR) is 112 cm³/mol. The average molecular weight is 432 g/mol. The van der Waals surface area contributed by atoms with E-state index >= 15 is 0 Å². The van der Waals surface area contributed by atoms with Gasteiger partial charge in [0.25, 0.3) is 0 Å². The zero-order valence-electron chi connectivity index (χ0n) is 17.0. The van der Waals surface area contributed by atoms with Crippen LogP contribution in [0.2, 0.25) is 0 Å². The van der Waals surface area contributed by atoms with Crippen molar-refractivity contribution < 1.29 is 19.5 Å². The van der Waals surface area contributed by atoms with Gasteiger partial charge in [-0.25, -0.2) is 0 Å². The van der Waals surface area contributed by atoms with E-state index in [1.54, 1.807) is 11.6 Å². The molecule has 1 aliphatic carbocycles. The minimum absolute atomic E-state index is 0.0101. The van der Waals surface area contributed by atoms with Crippen molar-refractivity contribution in [2.75, 3.05) is 19.3 Å². The zero-order valence-corrected chi connectivity index (χ0v) is 17.8. The molecule has 0 atom stereocenters. The van der Waals surface area contributed by atoms with Crippen molar-refractivity contribution in [1.29, 1.82) is 0 Å². The number of carboxylic acids is 1. The van der Waals surface area contributed by atoms with E-state index in [0.29, 0.717) is 11.0 Å². The minimum Gasteiger partial charge on any atom is -0.481 e. The Morgan fingerprint density at radius 3 is 2.73 bits per heavy atom. The lowest BCUT2D eigenvalue weighted by molar-refractivity contribution is -0.137. The number of carbonyl (C=O) groups excluding carboxylic acids is 2. The summed E-state index contributed by atoms with van der Waals surface area (Å²) in [5, 5.41) is 20.8. The highest BCUT2D eigenvalue weighted by Crippen LogP contribution is 2.25. The standard InChI is InChI=1S/C20H25N5O4S/c1-13-4-3-5-14(10-13)19-22-23-20(25(19)9-8-18(28)29)30-12-17(27)24(2)11-16(26)21-15-6-7-15/h3-5,10,15H,6-9,11-12H2,1-2H3,(H,21,26)(H,28,29). The van der Waals surface area contributed by atoms with Crippen LogP contribution in [0.4, 0.5) is 0 Å². The van der Waals surface area contributed by atoms with Crippen LogP contribution in [0, 0.1) is 6.92 Å². The van der Waals surface area contributed by atoms with Crippen LogP contribution in [0.25, 0.3) is 11.4 Å². The molecule has 160 valence electrons. The molecule has 0 unspecified atom stereocenters. The molecular weight excluding hydrogens is 406 g/mol. The number of hydrogen-bond acceptors (Lipinski definition) is 6. The van der Waals surface area contributed by atoms with E-state index in [9.17, 15) is 14.4 Å². The average Bonchev–Trinajstić information content (AvgIpc) is 3.40. The molecule has 1 fully saturated rings. The van der Waals surface area contributed by atoms with Gasteiger partial charge in [0.1, 0.15) is 0 Å². The highest BCUT2D eigenvalue weighted by atomic mass is 32.2. The summed E-state index contributed by atoms with van der Waals surface area (Å²) in [5.41, 5.74) is 1.88. The maximum Gasteiger partial charge on any atom is 0.305 e. The second-order valence-corrected chi connectivity index (χ2v) is 8.29. The lowest BCUT2D eigenvalue weighted by Gasteiger charge is -2.16. The quantitative estimate of drug-likeness (QED) is 0.548. The molecule has 0 radical (unpaired) electrons. The third-order valence-electron chi connectivity index (χ3n) is 4.62. The molecule has 9 nitrogen and oxygen atoms in total. The number of carbonyl (C=O) groups is 3. The van der Waals surface area contributed by atoms with Gasteiger partial charge in [0.2, 0.25) is 11.8 Å². The van der Waals surface area contributed by atoms with Crippen molar-refractivity contribution in [2.24, 2.45) is 0 Å². The monoisotopic (exact) mass is 431 g/mol. The van der Waals surface area contributed by atoms with E-state index in [1.165, 1.54) is 16.7 Å². The van der Waals surface area contributed by atoms with Gasteiger partial charge in [-0.15, -0.1) is 10.2 Å². The Bertz CT molecular complexity index is 941. The van der Waals surface area contributed by atoms with Gasteiger partial charge >= 0.3 is 5.97 Å². The molecule has 1 aromatic carbocycles. The Labute approximate surface area is 178 Å². The van der Waals surface area contributed by atoms with Gasteiger partial charge in [-0.1, -0.05) is 35.5 Å². The summed E-state index contributed by atoms with van der Waals surface area (Å²) in [6, 6.07) is 7.96. The molecule has 1 heterocycles. The van der Waals surface area contributed by atoms with Crippen molar-refractivity contribution in [2.45, 2.75) is 43.9 Å². The smallest absolute Gasteiger partial charge is 0.305 e. The van der Waals surface area contributed by atoms with Crippen LogP contribution in [0.1, 0.15) is 24.8 Å².